The third-order valence-electron chi connectivity index (χ3n) is 8.04. The first-order valence-corrected chi connectivity index (χ1v) is 17.0. The van der Waals surface area contributed by atoms with E-state index in [0.717, 1.165) is 55.6 Å². The lowest BCUT2D eigenvalue weighted by molar-refractivity contribution is 0.466. The highest BCUT2D eigenvalue weighted by atomic mass is 79.9. The van der Waals surface area contributed by atoms with Gasteiger partial charge in [0.25, 0.3) is 0 Å². The smallest absolute Gasteiger partial charge is 0.132 e. The fourth-order valence-corrected chi connectivity index (χ4v) is 8.06. The predicted octanol–water partition coefficient (Wildman–Crippen LogP) is 11.2. The van der Waals surface area contributed by atoms with Gasteiger partial charge in [0.1, 0.15) is 23.0 Å². The Morgan fingerprint density at radius 1 is 0.364 bits per heavy atom. The Hall–Kier alpha value is -2.78. The lowest BCUT2D eigenvalue weighted by Gasteiger charge is -2.24. The van der Waals surface area contributed by atoms with Crippen LogP contribution in [-0.2, 0) is 0 Å². The standard InChI is InChI=1S/C36H30Br4O4/c1-17-9-23(13-27(37)33(17)41)31(24-10-18(2)34(42)28(38)14-24)21-5-7-22(8-6-21)32(25-11-19(3)35(43)29(39)15-25)26-12-20(4)36(44)30(40)16-26/h5-16,31-32,41-44H,1-4H3. The fraction of sp³-hybridized carbons (Fsp3) is 0.167. The van der Waals surface area contributed by atoms with Crippen LogP contribution in [0.15, 0.2) is 90.7 Å². The molecule has 5 aromatic carbocycles. The van der Waals surface area contributed by atoms with Crippen LogP contribution in [-0.4, -0.2) is 20.4 Å². The molecule has 0 amide bonds. The average Bonchev–Trinajstić information content (AvgIpc) is 2.97. The minimum atomic E-state index is -0.191. The van der Waals surface area contributed by atoms with E-state index in [4.69, 9.17) is 0 Å². The van der Waals surface area contributed by atoms with E-state index in [9.17, 15) is 20.4 Å². The van der Waals surface area contributed by atoms with Gasteiger partial charge in [-0.25, -0.2) is 0 Å². The SMILES string of the molecule is Cc1cc(C(c2ccc(C(c3cc(C)c(O)c(Br)c3)c3cc(C)c(O)c(Br)c3)cc2)c2cc(C)c(O)c(Br)c2)cc(Br)c1O. The molecule has 8 heteroatoms. The fourth-order valence-electron chi connectivity index (χ4n) is 5.75. The van der Waals surface area contributed by atoms with Crippen LogP contribution in [0.5, 0.6) is 23.0 Å². The van der Waals surface area contributed by atoms with Crippen molar-refractivity contribution in [2.75, 3.05) is 0 Å². The Labute approximate surface area is 290 Å². The van der Waals surface area contributed by atoms with Crippen molar-refractivity contribution in [1.82, 2.24) is 0 Å². The molecule has 44 heavy (non-hydrogen) atoms. The summed E-state index contributed by atoms with van der Waals surface area (Å²) in [5.41, 5.74) is 9.06. The summed E-state index contributed by atoms with van der Waals surface area (Å²) >= 11 is 14.1. The van der Waals surface area contributed by atoms with Gasteiger partial charge in [-0.05, 0) is 171 Å². The number of phenolic OH excluding ortho intramolecular Hbond substituents is 4. The highest BCUT2D eigenvalue weighted by Crippen LogP contribution is 2.43. The predicted molar refractivity (Wildman–Crippen MR) is 191 cm³/mol. The van der Waals surface area contributed by atoms with E-state index >= 15 is 0 Å². The van der Waals surface area contributed by atoms with Gasteiger partial charge in [-0.3, -0.25) is 0 Å². The summed E-state index contributed by atoms with van der Waals surface area (Å²) in [7, 11) is 0. The first-order valence-electron chi connectivity index (χ1n) is 13.8. The summed E-state index contributed by atoms with van der Waals surface area (Å²) in [6.07, 6.45) is 0. The monoisotopic (exact) mass is 842 g/mol. The van der Waals surface area contributed by atoms with Crippen LogP contribution in [0, 0.1) is 27.7 Å². The molecule has 0 aliphatic carbocycles. The second kappa shape index (κ2) is 12.9. The van der Waals surface area contributed by atoms with Crippen molar-refractivity contribution in [3.8, 4) is 23.0 Å². The largest absolute Gasteiger partial charge is 0.506 e. The summed E-state index contributed by atoms with van der Waals surface area (Å²) in [5.74, 6) is 0.450. The lowest BCUT2D eigenvalue weighted by Crippen LogP contribution is -2.08. The van der Waals surface area contributed by atoms with E-state index in [2.05, 4.69) is 88.0 Å². The highest BCUT2D eigenvalue weighted by molar-refractivity contribution is 9.11. The van der Waals surface area contributed by atoms with E-state index in [1.165, 1.54) is 0 Å². The Morgan fingerprint density at radius 2 is 0.568 bits per heavy atom. The summed E-state index contributed by atoms with van der Waals surface area (Å²) in [6, 6.07) is 24.2. The number of hydrogen-bond acceptors (Lipinski definition) is 4. The minimum Gasteiger partial charge on any atom is -0.506 e. The Kier molecular flexibility index (Phi) is 9.57. The van der Waals surface area contributed by atoms with Gasteiger partial charge in [-0.2, -0.15) is 0 Å². The van der Waals surface area contributed by atoms with Crippen LogP contribution in [0.4, 0.5) is 0 Å². The van der Waals surface area contributed by atoms with E-state index in [-0.39, 0.29) is 34.8 Å². The Bertz CT molecular complexity index is 1550. The highest BCUT2D eigenvalue weighted by Gasteiger charge is 2.24. The first-order chi connectivity index (χ1) is 20.8. The molecule has 0 saturated carbocycles. The van der Waals surface area contributed by atoms with E-state index in [0.29, 0.717) is 17.9 Å². The topological polar surface area (TPSA) is 80.9 Å². The molecule has 0 bridgehead atoms. The van der Waals surface area contributed by atoms with E-state index in [1.54, 1.807) is 0 Å². The molecule has 5 aromatic rings. The summed E-state index contributed by atoms with van der Waals surface area (Å²) in [6.45, 7) is 7.51. The summed E-state index contributed by atoms with van der Waals surface area (Å²) in [4.78, 5) is 0. The van der Waals surface area contributed by atoms with Gasteiger partial charge >= 0.3 is 0 Å². The maximum absolute atomic E-state index is 10.5. The number of rotatable bonds is 6. The molecule has 0 heterocycles. The molecule has 0 radical (unpaired) electrons. The van der Waals surface area contributed by atoms with Crippen LogP contribution >= 0.6 is 63.7 Å². The molecule has 0 aliphatic heterocycles. The molecule has 5 rings (SSSR count). The zero-order chi connectivity index (χ0) is 32.0. The van der Waals surface area contributed by atoms with Gasteiger partial charge in [0.15, 0.2) is 0 Å². The van der Waals surface area contributed by atoms with E-state index in [1.807, 2.05) is 76.2 Å². The number of hydrogen-bond donors (Lipinski definition) is 4. The van der Waals surface area contributed by atoms with Gasteiger partial charge in [0.2, 0.25) is 0 Å². The molecule has 4 nitrogen and oxygen atoms in total. The van der Waals surface area contributed by atoms with Crippen molar-refractivity contribution in [2.24, 2.45) is 0 Å². The zero-order valence-electron chi connectivity index (χ0n) is 24.4. The van der Waals surface area contributed by atoms with Crippen LogP contribution in [0.3, 0.4) is 0 Å². The van der Waals surface area contributed by atoms with Crippen LogP contribution in [0.25, 0.3) is 0 Å². The molecule has 0 aromatic heterocycles. The van der Waals surface area contributed by atoms with Crippen molar-refractivity contribution < 1.29 is 20.4 Å². The quantitative estimate of drug-likeness (QED) is 0.128. The maximum Gasteiger partial charge on any atom is 0.132 e. The normalized spacial score (nSPS) is 11.5. The molecule has 0 aliphatic rings. The maximum atomic E-state index is 10.5. The number of aryl methyl sites for hydroxylation is 4. The number of phenols is 4. The third-order valence-corrected chi connectivity index (χ3v) is 10.5. The molecule has 4 N–H and O–H groups in total. The number of halogens is 4. The second-order valence-electron chi connectivity index (χ2n) is 11.2. The summed E-state index contributed by atoms with van der Waals surface area (Å²) in [5, 5.41) is 41.9. The Morgan fingerprint density at radius 3 is 0.750 bits per heavy atom. The van der Waals surface area contributed by atoms with Gasteiger partial charge in [-0.1, -0.05) is 48.5 Å². The van der Waals surface area contributed by atoms with Gasteiger partial charge in [0, 0.05) is 11.8 Å². The van der Waals surface area contributed by atoms with Crippen molar-refractivity contribution in [3.05, 3.63) is 146 Å². The molecule has 0 saturated heterocycles. The van der Waals surface area contributed by atoms with Crippen molar-refractivity contribution in [3.63, 3.8) is 0 Å². The lowest BCUT2D eigenvalue weighted by atomic mass is 9.80. The van der Waals surface area contributed by atoms with Gasteiger partial charge in [-0.15, -0.1) is 0 Å². The Balaban J connectivity index is 1.70. The number of aromatic hydroxyl groups is 4. The molecular formula is C36H30Br4O4. The molecular weight excluding hydrogens is 816 g/mol. The van der Waals surface area contributed by atoms with Gasteiger partial charge in [0.05, 0.1) is 17.9 Å². The van der Waals surface area contributed by atoms with Crippen LogP contribution in [0.1, 0.15) is 67.5 Å². The van der Waals surface area contributed by atoms with Crippen LogP contribution < -0.4 is 0 Å². The average molecular weight is 846 g/mol. The van der Waals surface area contributed by atoms with E-state index < -0.39 is 0 Å². The first kappa shape index (κ1) is 32.6. The summed E-state index contributed by atoms with van der Waals surface area (Å²) < 4.78 is 2.46. The molecule has 0 atom stereocenters. The second-order valence-corrected chi connectivity index (χ2v) is 14.6. The van der Waals surface area contributed by atoms with Crippen molar-refractivity contribution in [1.29, 1.82) is 0 Å². The minimum absolute atomic E-state index is 0.191. The molecule has 0 fully saturated rings. The van der Waals surface area contributed by atoms with Gasteiger partial charge < -0.3 is 20.4 Å². The van der Waals surface area contributed by atoms with Crippen molar-refractivity contribution >= 4 is 63.7 Å². The number of benzene rings is 5. The molecule has 0 spiro atoms. The molecule has 0 unspecified atom stereocenters. The van der Waals surface area contributed by atoms with Crippen molar-refractivity contribution in [2.45, 2.75) is 39.5 Å². The zero-order valence-corrected chi connectivity index (χ0v) is 30.7. The van der Waals surface area contributed by atoms with Crippen LogP contribution in [0.2, 0.25) is 0 Å². The third kappa shape index (κ3) is 6.32. The molecule has 226 valence electrons.